The van der Waals surface area contributed by atoms with Gasteiger partial charge >= 0.3 is 0 Å². The summed E-state index contributed by atoms with van der Waals surface area (Å²) in [6.45, 7) is 2.89. The Bertz CT molecular complexity index is 535. The van der Waals surface area contributed by atoms with Crippen LogP contribution in [-0.4, -0.2) is 28.9 Å². The Morgan fingerprint density at radius 2 is 2.28 bits per heavy atom. The van der Waals surface area contributed by atoms with Crippen LogP contribution in [0.25, 0.3) is 10.9 Å². The summed E-state index contributed by atoms with van der Waals surface area (Å²) in [5, 5.41) is 4.62. The lowest BCUT2D eigenvalue weighted by molar-refractivity contribution is 0.0955. The van der Waals surface area contributed by atoms with Crippen LogP contribution >= 0.6 is 11.8 Å². The van der Waals surface area contributed by atoms with Crippen LogP contribution in [0, 0.1) is 0 Å². The first-order valence-corrected chi connectivity index (χ1v) is 7.38. The molecule has 0 aliphatic rings. The van der Waals surface area contributed by atoms with Crippen LogP contribution in [0.4, 0.5) is 0 Å². The first kappa shape index (κ1) is 13.0. The number of amides is 1. The van der Waals surface area contributed by atoms with E-state index in [1.807, 2.05) is 42.2 Å². The van der Waals surface area contributed by atoms with Crippen molar-refractivity contribution in [1.82, 2.24) is 10.3 Å². The van der Waals surface area contributed by atoms with Crippen LogP contribution in [0.15, 0.2) is 30.5 Å². The van der Waals surface area contributed by atoms with Crippen LogP contribution in [-0.2, 0) is 0 Å². The number of aromatic amines is 1. The van der Waals surface area contributed by atoms with Crippen LogP contribution in [0.5, 0.6) is 0 Å². The molecule has 1 unspecified atom stereocenters. The number of rotatable bonds is 5. The number of para-hydroxylation sites is 1. The van der Waals surface area contributed by atoms with E-state index in [1.54, 1.807) is 0 Å². The topological polar surface area (TPSA) is 44.9 Å². The molecule has 0 aliphatic heterocycles. The summed E-state index contributed by atoms with van der Waals surface area (Å²) in [6, 6.07) is 7.74. The first-order valence-electron chi connectivity index (χ1n) is 6.09. The van der Waals surface area contributed by atoms with Crippen molar-refractivity contribution in [3.63, 3.8) is 0 Å². The number of fused-ring (bicyclic) bond motifs is 1. The summed E-state index contributed by atoms with van der Waals surface area (Å²) in [5.41, 5.74) is 1.63. The molecule has 0 saturated heterocycles. The Kier molecular flexibility index (Phi) is 4.31. The number of hydrogen-bond donors (Lipinski definition) is 2. The van der Waals surface area contributed by atoms with E-state index >= 15 is 0 Å². The van der Waals surface area contributed by atoms with Crippen molar-refractivity contribution in [2.45, 2.75) is 18.6 Å². The molecule has 0 radical (unpaired) electrons. The number of carbonyl (C=O) groups excluding carboxylic acids is 1. The van der Waals surface area contributed by atoms with Gasteiger partial charge in [0.1, 0.15) is 0 Å². The van der Waals surface area contributed by atoms with Crippen molar-refractivity contribution in [3.05, 3.63) is 36.0 Å². The highest BCUT2D eigenvalue weighted by molar-refractivity contribution is 7.99. The van der Waals surface area contributed by atoms with Crippen LogP contribution in [0.1, 0.15) is 23.7 Å². The highest BCUT2D eigenvalue weighted by Crippen LogP contribution is 2.16. The Morgan fingerprint density at radius 3 is 3.06 bits per heavy atom. The molecule has 4 heteroatoms. The zero-order valence-corrected chi connectivity index (χ0v) is 11.5. The number of carbonyl (C=O) groups is 1. The molecular formula is C14H18N2OS. The summed E-state index contributed by atoms with van der Waals surface area (Å²) < 4.78 is 0. The molecule has 0 saturated carbocycles. The third-order valence-corrected chi connectivity index (χ3v) is 4.11. The quantitative estimate of drug-likeness (QED) is 0.870. The minimum Gasteiger partial charge on any atom is -0.361 e. The fourth-order valence-corrected chi connectivity index (χ4v) is 2.23. The second-order valence-corrected chi connectivity index (χ2v) is 5.61. The smallest absolute Gasteiger partial charge is 0.253 e. The van der Waals surface area contributed by atoms with Crippen LogP contribution in [0.3, 0.4) is 0 Å². The van der Waals surface area contributed by atoms with Gasteiger partial charge in [-0.25, -0.2) is 0 Å². The minimum absolute atomic E-state index is 0.00338. The highest BCUT2D eigenvalue weighted by atomic mass is 32.2. The number of benzene rings is 1. The monoisotopic (exact) mass is 262 g/mol. The summed E-state index contributed by atoms with van der Waals surface area (Å²) in [6.07, 6.45) is 4.94. The van der Waals surface area contributed by atoms with Gasteiger partial charge in [0.15, 0.2) is 0 Å². The molecule has 1 heterocycles. The van der Waals surface area contributed by atoms with Crippen molar-refractivity contribution >= 4 is 28.6 Å². The molecule has 1 amide bonds. The summed E-state index contributed by atoms with van der Waals surface area (Å²) in [4.78, 5) is 15.2. The molecule has 0 fully saturated rings. The third-order valence-electron chi connectivity index (χ3n) is 3.07. The van der Waals surface area contributed by atoms with Gasteiger partial charge in [-0.1, -0.05) is 19.1 Å². The lowest BCUT2D eigenvalue weighted by Crippen LogP contribution is -2.26. The van der Waals surface area contributed by atoms with Gasteiger partial charge in [-0.05, 0) is 24.8 Å². The molecule has 1 aromatic carbocycles. The Morgan fingerprint density at radius 1 is 1.44 bits per heavy atom. The summed E-state index contributed by atoms with van der Waals surface area (Å²) in [7, 11) is 0. The SMILES string of the molecule is CSC(C)CCNC(=O)c1cccc2cc[nH]c12. The van der Waals surface area contributed by atoms with Crippen molar-refractivity contribution in [2.24, 2.45) is 0 Å². The zero-order valence-electron chi connectivity index (χ0n) is 10.7. The van der Waals surface area contributed by atoms with E-state index in [9.17, 15) is 4.79 Å². The highest BCUT2D eigenvalue weighted by Gasteiger charge is 2.10. The van der Waals surface area contributed by atoms with Gasteiger partial charge in [-0.15, -0.1) is 0 Å². The van der Waals surface area contributed by atoms with E-state index < -0.39 is 0 Å². The van der Waals surface area contributed by atoms with Crippen LogP contribution in [0.2, 0.25) is 0 Å². The zero-order chi connectivity index (χ0) is 13.0. The van der Waals surface area contributed by atoms with E-state index in [4.69, 9.17) is 0 Å². The maximum absolute atomic E-state index is 12.1. The molecule has 0 bridgehead atoms. The molecule has 1 atom stereocenters. The molecule has 3 nitrogen and oxygen atoms in total. The van der Waals surface area contributed by atoms with E-state index in [2.05, 4.69) is 23.5 Å². The average Bonchev–Trinajstić information content (AvgIpc) is 2.86. The normalized spacial score (nSPS) is 12.6. The number of thioether (sulfide) groups is 1. The van der Waals surface area contributed by atoms with Gasteiger partial charge in [0.2, 0.25) is 0 Å². The number of hydrogen-bond acceptors (Lipinski definition) is 2. The maximum atomic E-state index is 12.1. The molecule has 96 valence electrons. The lowest BCUT2D eigenvalue weighted by Gasteiger charge is -2.09. The van der Waals surface area contributed by atoms with Gasteiger partial charge in [-0.2, -0.15) is 11.8 Å². The molecule has 18 heavy (non-hydrogen) atoms. The van der Waals surface area contributed by atoms with Crippen molar-refractivity contribution in [1.29, 1.82) is 0 Å². The molecule has 0 spiro atoms. The van der Waals surface area contributed by atoms with Gasteiger partial charge < -0.3 is 10.3 Å². The van der Waals surface area contributed by atoms with Crippen molar-refractivity contribution < 1.29 is 4.79 Å². The Labute approximate surface area is 111 Å². The Balaban J connectivity index is 2.03. The molecule has 2 aromatic rings. The summed E-state index contributed by atoms with van der Waals surface area (Å²) in [5.74, 6) is -0.00338. The molecule has 2 N–H and O–H groups in total. The standard InChI is InChI=1S/C14H18N2OS/c1-10(18-2)6-8-16-14(17)12-5-3-4-11-7-9-15-13(11)12/h3-5,7,9-10,15H,6,8H2,1-2H3,(H,16,17). The second-order valence-electron chi connectivity index (χ2n) is 4.34. The second kappa shape index (κ2) is 5.96. The van der Waals surface area contributed by atoms with E-state index in [0.29, 0.717) is 10.8 Å². The van der Waals surface area contributed by atoms with Gasteiger partial charge in [0.25, 0.3) is 5.91 Å². The van der Waals surface area contributed by atoms with E-state index in [-0.39, 0.29) is 5.91 Å². The van der Waals surface area contributed by atoms with Gasteiger partial charge in [-0.3, -0.25) is 4.79 Å². The predicted molar refractivity (Wildman–Crippen MR) is 78.2 cm³/mol. The summed E-state index contributed by atoms with van der Waals surface area (Å²) >= 11 is 1.82. The minimum atomic E-state index is -0.00338. The average molecular weight is 262 g/mol. The first-order chi connectivity index (χ1) is 8.72. The number of nitrogens with one attached hydrogen (secondary N) is 2. The number of H-pyrrole nitrogens is 1. The molecule has 0 aliphatic carbocycles. The lowest BCUT2D eigenvalue weighted by atomic mass is 10.1. The molecular weight excluding hydrogens is 244 g/mol. The van der Waals surface area contributed by atoms with Gasteiger partial charge in [0.05, 0.1) is 11.1 Å². The molecule has 2 rings (SSSR count). The van der Waals surface area contributed by atoms with Crippen molar-refractivity contribution in [3.8, 4) is 0 Å². The van der Waals surface area contributed by atoms with E-state index in [0.717, 1.165) is 23.9 Å². The largest absolute Gasteiger partial charge is 0.361 e. The van der Waals surface area contributed by atoms with Gasteiger partial charge in [0, 0.05) is 23.4 Å². The maximum Gasteiger partial charge on any atom is 0.253 e. The fourth-order valence-electron chi connectivity index (χ4n) is 1.88. The van der Waals surface area contributed by atoms with Crippen molar-refractivity contribution in [2.75, 3.05) is 12.8 Å². The fraction of sp³-hybridized carbons (Fsp3) is 0.357. The van der Waals surface area contributed by atoms with E-state index in [1.165, 1.54) is 0 Å². The van der Waals surface area contributed by atoms with Crippen LogP contribution < -0.4 is 5.32 Å². The number of aromatic nitrogens is 1. The Hall–Kier alpha value is -1.42. The predicted octanol–water partition coefficient (Wildman–Crippen LogP) is 3.04. The third kappa shape index (κ3) is 2.88. The molecule has 1 aromatic heterocycles.